The molecule has 0 aromatic rings. The van der Waals surface area contributed by atoms with E-state index in [1.165, 1.54) is 58.3 Å². The van der Waals surface area contributed by atoms with Gasteiger partial charge in [0.15, 0.2) is 0 Å². The van der Waals surface area contributed by atoms with Crippen LogP contribution >= 0.6 is 0 Å². The van der Waals surface area contributed by atoms with E-state index < -0.39 is 0 Å². The molecule has 2 rings (SSSR count). The molecule has 0 saturated carbocycles. The first-order valence-electron chi connectivity index (χ1n) is 8.30. The Morgan fingerprint density at radius 3 is 2.74 bits per heavy atom. The van der Waals surface area contributed by atoms with E-state index in [9.17, 15) is 0 Å². The van der Waals surface area contributed by atoms with Gasteiger partial charge in [-0.2, -0.15) is 0 Å². The fourth-order valence-electron chi connectivity index (χ4n) is 3.27. The van der Waals surface area contributed by atoms with Crippen LogP contribution in [0, 0.1) is 5.92 Å². The van der Waals surface area contributed by atoms with Crippen LogP contribution in [0.1, 0.15) is 46.0 Å². The van der Waals surface area contributed by atoms with E-state index in [0.29, 0.717) is 0 Å². The average molecular weight is 268 g/mol. The second-order valence-electron chi connectivity index (χ2n) is 6.63. The second-order valence-corrected chi connectivity index (χ2v) is 6.63. The normalized spacial score (nSPS) is 26.4. The summed E-state index contributed by atoms with van der Waals surface area (Å²) in [5, 5.41) is 0. The minimum absolute atomic E-state index is 0.758. The molecule has 0 amide bonds. The smallest absolute Gasteiger partial charge is 0.0593 e. The van der Waals surface area contributed by atoms with Gasteiger partial charge in [-0.15, -0.1) is 0 Å². The van der Waals surface area contributed by atoms with E-state index in [-0.39, 0.29) is 0 Å². The summed E-state index contributed by atoms with van der Waals surface area (Å²) in [6.45, 7) is 12.7. The predicted octanol–water partition coefficient (Wildman–Crippen LogP) is 2.61. The summed E-state index contributed by atoms with van der Waals surface area (Å²) < 4.78 is 5.77. The number of piperidine rings is 1. The van der Waals surface area contributed by atoms with Crippen LogP contribution in [-0.2, 0) is 4.74 Å². The monoisotopic (exact) mass is 268 g/mol. The van der Waals surface area contributed by atoms with Gasteiger partial charge in [0.1, 0.15) is 0 Å². The predicted molar refractivity (Wildman–Crippen MR) is 80.5 cm³/mol. The molecule has 2 heterocycles. The summed E-state index contributed by atoms with van der Waals surface area (Å²) in [7, 11) is 0. The number of ether oxygens (including phenoxy) is 1. The maximum Gasteiger partial charge on any atom is 0.0593 e. The average Bonchev–Trinajstić information content (AvgIpc) is 2.59. The Morgan fingerprint density at radius 2 is 1.89 bits per heavy atom. The van der Waals surface area contributed by atoms with Gasteiger partial charge in [0.25, 0.3) is 0 Å². The Morgan fingerprint density at radius 1 is 1.05 bits per heavy atom. The van der Waals surface area contributed by atoms with Crippen molar-refractivity contribution in [3.8, 4) is 0 Å². The molecule has 0 bridgehead atoms. The third-order valence-electron chi connectivity index (χ3n) is 4.53. The Bertz CT molecular complexity index is 245. The van der Waals surface area contributed by atoms with Gasteiger partial charge in [0.2, 0.25) is 0 Å². The first kappa shape index (κ1) is 15.3. The Labute approximate surface area is 119 Å². The van der Waals surface area contributed by atoms with Crippen molar-refractivity contribution in [2.75, 3.05) is 45.9 Å². The van der Waals surface area contributed by atoms with Crippen LogP contribution in [0.5, 0.6) is 0 Å². The van der Waals surface area contributed by atoms with Gasteiger partial charge < -0.3 is 4.74 Å². The van der Waals surface area contributed by atoms with E-state index in [4.69, 9.17) is 4.74 Å². The van der Waals surface area contributed by atoms with Crippen molar-refractivity contribution in [2.45, 2.75) is 52.0 Å². The van der Waals surface area contributed by atoms with Gasteiger partial charge in [0, 0.05) is 25.7 Å². The highest BCUT2D eigenvalue weighted by Crippen LogP contribution is 2.20. The van der Waals surface area contributed by atoms with Crippen LogP contribution in [0.4, 0.5) is 0 Å². The number of fused-ring (bicyclic) bond motifs is 1. The zero-order valence-electron chi connectivity index (χ0n) is 12.9. The topological polar surface area (TPSA) is 15.7 Å². The summed E-state index contributed by atoms with van der Waals surface area (Å²) in [6.07, 6.45) is 6.78. The van der Waals surface area contributed by atoms with E-state index >= 15 is 0 Å². The third kappa shape index (κ3) is 5.41. The molecule has 1 atom stereocenters. The second kappa shape index (κ2) is 8.23. The highest BCUT2D eigenvalue weighted by molar-refractivity contribution is 4.83. The van der Waals surface area contributed by atoms with Crippen molar-refractivity contribution in [1.82, 2.24) is 9.80 Å². The van der Waals surface area contributed by atoms with Gasteiger partial charge in [0.05, 0.1) is 6.61 Å². The zero-order valence-corrected chi connectivity index (χ0v) is 12.9. The van der Waals surface area contributed by atoms with Crippen molar-refractivity contribution in [3.05, 3.63) is 0 Å². The summed E-state index contributed by atoms with van der Waals surface area (Å²) in [5.74, 6) is 0.758. The molecule has 0 aromatic heterocycles. The van der Waals surface area contributed by atoms with Gasteiger partial charge >= 0.3 is 0 Å². The fourth-order valence-corrected chi connectivity index (χ4v) is 3.27. The Balaban J connectivity index is 1.63. The lowest BCUT2D eigenvalue weighted by Crippen LogP contribution is -2.44. The number of nitrogens with zero attached hydrogens (tertiary/aromatic N) is 2. The van der Waals surface area contributed by atoms with Crippen molar-refractivity contribution < 1.29 is 4.74 Å². The van der Waals surface area contributed by atoms with Gasteiger partial charge in [-0.1, -0.05) is 20.3 Å². The highest BCUT2D eigenvalue weighted by Gasteiger charge is 2.26. The minimum Gasteiger partial charge on any atom is -0.380 e. The molecule has 19 heavy (non-hydrogen) atoms. The van der Waals surface area contributed by atoms with Crippen LogP contribution in [0.15, 0.2) is 0 Å². The molecule has 0 aromatic carbocycles. The first-order chi connectivity index (χ1) is 9.25. The molecule has 0 N–H and O–H groups in total. The van der Waals surface area contributed by atoms with Crippen LogP contribution in [-0.4, -0.2) is 61.8 Å². The molecule has 2 saturated heterocycles. The lowest BCUT2D eigenvalue weighted by atomic mass is 10.0. The lowest BCUT2D eigenvalue weighted by molar-refractivity contribution is 0.0857. The SMILES string of the molecule is CC(C)CCOCCN1CCCN2CCCCC2C1. The summed E-state index contributed by atoms with van der Waals surface area (Å²) in [6, 6.07) is 0.826. The van der Waals surface area contributed by atoms with Crippen LogP contribution in [0.2, 0.25) is 0 Å². The Kier molecular flexibility index (Phi) is 6.62. The van der Waals surface area contributed by atoms with Crippen LogP contribution < -0.4 is 0 Å². The maximum atomic E-state index is 5.77. The van der Waals surface area contributed by atoms with E-state index in [1.54, 1.807) is 0 Å². The van der Waals surface area contributed by atoms with Crippen molar-refractivity contribution >= 4 is 0 Å². The minimum atomic E-state index is 0.758. The van der Waals surface area contributed by atoms with E-state index in [1.807, 2.05) is 0 Å². The van der Waals surface area contributed by atoms with Crippen molar-refractivity contribution in [1.29, 1.82) is 0 Å². The highest BCUT2D eigenvalue weighted by atomic mass is 16.5. The van der Waals surface area contributed by atoms with Crippen LogP contribution in [0.3, 0.4) is 0 Å². The number of hydrogen-bond acceptors (Lipinski definition) is 3. The lowest BCUT2D eigenvalue weighted by Gasteiger charge is -2.35. The molecule has 2 aliphatic heterocycles. The molecular weight excluding hydrogens is 236 g/mol. The fraction of sp³-hybridized carbons (Fsp3) is 1.00. The van der Waals surface area contributed by atoms with Gasteiger partial charge in [-0.3, -0.25) is 9.80 Å². The third-order valence-corrected chi connectivity index (χ3v) is 4.53. The van der Waals surface area contributed by atoms with E-state index in [2.05, 4.69) is 23.6 Å². The van der Waals surface area contributed by atoms with Gasteiger partial charge in [-0.05, 0) is 51.2 Å². The summed E-state index contributed by atoms with van der Waals surface area (Å²) in [5.41, 5.74) is 0. The van der Waals surface area contributed by atoms with E-state index in [0.717, 1.165) is 31.7 Å². The Hall–Kier alpha value is -0.120. The van der Waals surface area contributed by atoms with Gasteiger partial charge in [-0.25, -0.2) is 0 Å². The summed E-state index contributed by atoms with van der Waals surface area (Å²) >= 11 is 0. The molecule has 0 spiro atoms. The van der Waals surface area contributed by atoms with Crippen molar-refractivity contribution in [3.63, 3.8) is 0 Å². The number of rotatable bonds is 6. The molecule has 2 aliphatic rings. The molecule has 112 valence electrons. The molecule has 3 nitrogen and oxygen atoms in total. The maximum absolute atomic E-state index is 5.77. The number of hydrogen-bond donors (Lipinski definition) is 0. The van der Waals surface area contributed by atoms with Crippen LogP contribution in [0.25, 0.3) is 0 Å². The molecule has 3 heteroatoms. The van der Waals surface area contributed by atoms with Crippen molar-refractivity contribution in [2.24, 2.45) is 5.92 Å². The summed E-state index contributed by atoms with van der Waals surface area (Å²) in [4.78, 5) is 5.36. The molecule has 0 aliphatic carbocycles. The largest absolute Gasteiger partial charge is 0.380 e. The quantitative estimate of drug-likeness (QED) is 0.689. The molecule has 1 unspecified atom stereocenters. The first-order valence-corrected chi connectivity index (χ1v) is 8.30. The molecular formula is C16H32N2O. The molecule has 0 radical (unpaired) electrons. The molecule has 2 fully saturated rings. The zero-order chi connectivity index (χ0) is 13.5. The standard InChI is InChI=1S/C16H32N2O/c1-15(2)7-12-19-13-11-17-8-5-10-18-9-4-3-6-16(18)14-17/h15-16H,3-14H2,1-2H3.